The van der Waals surface area contributed by atoms with Crippen molar-refractivity contribution in [3.05, 3.63) is 0 Å². The van der Waals surface area contributed by atoms with Gasteiger partial charge in [0.2, 0.25) is 5.91 Å². The molecule has 1 aliphatic rings. The van der Waals surface area contributed by atoms with Gasteiger partial charge in [0.15, 0.2) is 0 Å². The molecule has 0 spiro atoms. The molecule has 1 aliphatic carbocycles. The first-order valence-electron chi connectivity index (χ1n) is 3.76. The summed E-state index contributed by atoms with van der Waals surface area (Å²) in [5, 5.41) is 0. The van der Waals surface area contributed by atoms with E-state index in [0.29, 0.717) is 12.6 Å². The number of amides is 1. The summed E-state index contributed by atoms with van der Waals surface area (Å²) in [7, 11) is 0. The highest BCUT2D eigenvalue weighted by atomic mass is 16.1. The molecule has 0 saturated heterocycles. The molecule has 0 unspecified atom stereocenters. The Morgan fingerprint density at radius 2 is 2.30 bits per heavy atom. The Labute approximate surface area is 61.2 Å². The standard InChI is InChI=1S/C7H14N2O/c1-2-9(5-7(8)10)6-3-4-6/h6H,2-5H2,1H3,(H2,8,10). The molecule has 0 aliphatic heterocycles. The number of carbonyl (C=O) groups excluding carboxylic acids is 1. The average molecular weight is 142 g/mol. The van der Waals surface area contributed by atoms with Gasteiger partial charge in [-0.2, -0.15) is 0 Å². The summed E-state index contributed by atoms with van der Waals surface area (Å²) < 4.78 is 0. The quantitative estimate of drug-likeness (QED) is 0.598. The maximum atomic E-state index is 10.5. The monoisotopic (exact) mass is 142 g/mol. The minimum absolute atomic E-state index is 0.214. The van der Waals surface area contributed by atoms with Crippen LogP contribution < -0.4 is 5.73 Å². The third-order valence-corrected chi connectivity index (χ3v) is 1.83. The first kappa shape index (κ1) is 7.54. The molecule has 10 heavy (non-hydrogen) atoms. The molecule has 0 bridgehead atoms. The van der Waals surface area contributed by atoms with Crippen molar-refractivity contribution < 1.29 is 4.79 Å². The van der Waals surface area contributed by atoms with E-state index in [1.165, 1.54) is 12.8 Å². The molecule has 1 saturated carbocycles. The third kappa shape index (κ3) is 1.99. The van der Waals surface area contributed by atoms with E-state index >= 15 is 0 Å². The summed E-state index contributed by atoms with van der Waals surface area (Å²) in [6, 6.07) is 0.650. The zero-order valence-electron chi connectivity index (χ0n) is 6.34. The molecule has 3 heteroatoms. The second-order valence-electron chi connectivity index (χ2n) is 2.76. The minimum atomic E-state index is -0.214. The highest BCUT2D eigenvalue weighted by Gasteiger charge is 2.28. The molecule has 58 valence electrons. The number of hydrogen-bond donors (Lipinski definition) is 1. The van der Waals surface area contributed by atoms with Crippen LogP contribution in [-0.2, 0) is 4.79 Å². The van der Waals surface area contributed by atoms with Crippen LogP contribution in [0, 0.1) is 0 Å². The van der Waals surface area contributed by atoms with Crippen molar-refractivity contribution in [2.24, 2.45) is 5.73 Å². The van der Waals surface area contributed by atoms with Crippen LogP contribution in [-0.4, -0.2) is 29.9 Å². The highest BCUT2D eigenvalue weighted by molar-refractivity contribution is 5.76. The normalized spacial score (nSPS) is 17.8. The van der Waals surface area contributed by atoms with Gasteiger partial charge >= 0.3 is 0 Å². The fraction of sp³-hybridized carbons (Fsp3) is 0.857. The molecule has 0 aromatic heterocycles. The average Bonchev–Trinajstić information content (AvgIpc) is 2.63. The summed E-state index contributed by atoms with van der Waals surface area (Å²) in [6.07, 6.45) is 2.47. The Hall–Kier alpha value is -0.570. The summed E-state index contributed by atoms with van der Waals surface area (Å²) in [5.74, 6) is -0.214. The van der Waals surface area contributed by atoms with E-state index in [0.717, 1.165) is 6.54 Å². The lowest BCUT2D eigenvalue weighted by molar-refractivity contribution is -0.119. The molecular weight excluding hydrogens is 128 g/mol. The fourth-order valence-electron chi connectivity index (χ4n) is 1.14. The van der Waals surface area contributed by atoms with Crippen molar-refractivity contribution in [2.75, 3.05) is 13.1 Å². The second kappa shape index (κ2) is 3.01. The second-order valence-corrected chi connectivity index (χ2v) is 2.76. The van der Waals surface area contributed by atoms with Crippen molar-refractivity contribution in [1.82, 2.24) is 4.90 Å². The Morgan fingerprint density at radius 3 is 2.60 bits per heavy atom. The Kier molecular flexibility index (Phi) is 2.27. The number of carbonyl (C=O) groups is 1. The van der Waals surface area contributed by atoms with Crippen LogP contribution in [0.25, 0.3) is 0 Å². The van der Waals surface area contributed by atoms with Gasteiger partial charge in [-0.1, -0.05) is 6.92 Å². The van der Waals surface area contributed by atoms with Gasteiger partial charge in [0.25, 0.3) is 0 Å². The Balaban J connectivity index is 2.25. The van der Waals surface area contributed by atoms with Crippen LogP contribution in [0.1, 0.15) is 19.8 Å². The molecule has 0 aromatic carbocycles. The van der Waals surface area contributed by atoms with Gasteiger partial charge in [0.1, 0.15) is 0 Å². The van der Waals surface area contributed by atoms with Gasteiger partial charge in [-0.05, 0) is 19.4 Å². The minimum Gasteiger partial charge on any atom is -0.369 e. The molecule has 1 fully saturated rings. The Morgan fingerprint density at radius 1 is 1.70 bits per heavy atom. The lowest BCUT2D eigenvalue weighted by Crippen LogP contribution is -2.35. The molecule has 1 rings (SSSR count). The van der Waals surface area contributed by atoms with Crippen LogP contribution in [0.3, 0.4) is 0 Å². The van der Waals surface area contributed by atoms with Crippen LogP contribution in [0.5, 0.6) is 0 Å². The maximum absolute atomic E-state index is 10.5. The SMILES string of the molecule is CCN(CC(N)=O)C1CC1. The number of nitrogens with two attached hydrogens (primary N) is 1. The van der Waals surface area contributed by atoms with Gasteiger partial charge < -0.3 is 5.73 Å². The van der Waals surface area contributed by atoms with Gasteiger partial charge in [-0.3, -0.25) is 9.69 Å². The summed E-state index contributed by atoms with van der Waals surface area (Å²) in [4.78, 5) is 12.6. The molecule has 0 heterocycles. The number of primary amides is 1. The largest absolute Gasteiger partial charge is 0.369 e. The zero-order valence-corrected chi connectivity index (χ0v) is 6.34. The van der Waals surface area contributed by atoms with Gasteiger partial charge in [-0.25, -0.2) is 0 Å². The van der Waals surface area contributed by atoms with Crippen molar-refractivity contribution >= 4 is 5.91 Å². The predicted molar refractivity (Wildman–Crippen MR) is 39.5 cm³/mol. The highest BCUT2D eigenvalue weighted by Crippen LogP contribution is 2.25. The number of hydrogen-bond acceptors (Lipinski definition) is 2. The lowest BCUT2D eigenvalue weighted by atomic mass is 10.4. The van der Waals surface area contributed by atoms with Crippen LogP contribution in [0.15, 0.2) is 0 Å². The molecule has 0 radical (unpaired) electrons. The maximum Gasteiger partial charge on any atom is 0.231 e. The topological polar surface area (TPSA) is 46.3 Å². The van der Waals surface area contributed by atoms with Gasteiger partial charge in [0.05, 0.1) is 6.54 Å². The van der Waals surface area contributed by atoms with Gasteiger partial charge in [-0.15, -0.1) is 0 Å². The summed E-state index contributed by atoms with van der Waals surface area (Å²) >= 11 is 0. The van der Waals surface area contributed by atoms with Gasteiger partial charge in [0, 0.05) is 6.04 Å². The van der Waals surface area contributed by atoms with E-state index < -0.39 is 0 Å². The summed E-state index contributed by atoms with van der Waals surface area (Å²) in [6.45, 7) is 3.43. The first-order valence-corrected chi connectivity index (χ1v) is 3.76. The summed E-state index contributed by atoms with van der Waals surface area (Å²) in [5.41, 5.74) is 5.05. The van der Waals surface area contributed by atoms with E-state index in [2.05, 4.69) is 11.8 Å². The van der Waals surface area contributed by atoms with Crippen LogP contribution in [0.4, 0.5) is 0 Å². The molecular formula is C7H14N2O. The molecule has 3 nitrogen and oxygen atoms in total. The van der Waals surface area contributed by atoms with E-state index in [1.54, 1.807) is 0 Å². The zero-order chi connectivity index (χ0) is 7.56. The predicted octanol–water partition coefficient (Wildman–Crippen LogP) is -0.0440. The van der Waals surface area contributed by atoms with Crippen molar-refractivity contribution in [3.8, 4) is 0 Å². The number of rotatable bonds is 4. The first-order chi connectivity index (χ1) is 4.74. The van der Waals surface area contributed by atoms with Crippen molar-refractivity contribution in [3.63, 3.8) is 0 Å². The third-order valence-electron chi connectivity index (χ3n) is 1.83. The number of nitrogens with zero attached hydrogens (tertiary/aromatic N) is 1. The van der Waals surface area contributed by atoms with Crippen molar-refractivity contribution in [1.29, 1.82) is 0 Å². The molecule has 0 atom stereocenters. The van der Waals surface area contributed by atoms with Crippen LogP contribution >= 0.6 is 0 Å². The van der Waals surface area contributed by atoms with E-state index in [1.807, 2.05) is 0 Å². The van der Waals surface area contributed by atoms with E-state index in [9.17, 15) is 4.79 Å². The Bertz CT molecular complexity index is 132. The van der Waals surface area contributed by atoms with Crippen LogP contribution in [0.2, 0.25) is 0 Å². The number of likely N-dealkylation sites (N-methyl/N-ethyl adjacent to an activating group) is 1. The smallest absolute Gasteiger partial charge is 0.231 e. The molecule has 1 amide bonds. The van der Waals surface area contributed by atoms with Crippen molar-refractivity contribution in [2.45, 2.75) is 25.8 Å². The van der Waals surface area contributed by atoms with E-state index in [4.69, 9.17) is 5.73 Å². The molecule has 2 N–H and O–H groups in total. The molecule has 0 aromatic rings. The van der Waals surface area contributed by atoms with E-state index in [-0.39, 0.29) is 5.91 Å². The lowest BCUT2D eigenvalue weighted by Gasteiger charge is -2.16. The fourth-order valence-corrected chi connectivity index (χ4v) is 1.14.